The number of anilines is 1. The van der Waals surface area contributed by atoms with Gasteiger partial charge in [0, 0.05) is 28.8 Å². The fraction of sp³-hybridized carbons (Fsp3) is 0.217. The van der Waals surface area contributed by atoms with Gasteiger partial charge in [-0.3, -0.25) is 9.66 Å². The molecule has 156 valence electrons. The molecule has 5 rings (SSSR count). The molecule has 1 aliphatic heterocycles. The van der Waals surface area contributed by atoms with Gasteiger partial charge in [0.15, 0.2) is 5.11 Å². The zero-order valence-electron chi connectivity index (χ0n) is 17.6. The first-order valence-electron chi connectivity index (χ1n) is 10.2. The van der Waals surface area contributed by atoms with Crippen LogP contribution in [0, 0.1) is 20.8 Å². The van der Waals surface area contributed by atoms with Crippen LogP contribution in [0.1, 0.15) is 40.3 Å². The second-order valence-corrected chi connectivity index (χ2v) is 8.20. The third-order valence-electron chi connectivity index (χ3n) is 5.77. The van der Waals surface area contributed by atoms with Gasteiger partial charge < -0.3 is 10.2 Å². The molecule has 0 unspecified atom stereocenters. The lowest BCUT2D eigenvalue weighted by Crippen LogP contribution is -2.29. The number of pyridine rings is 1. The summed E-state index contributed by atoms with van der Waals surface area (Å²) in [7, 11) is 0. The lowest BCUT2D eigenvalue weighted by atomic mass is 9.96. The van der Waals surface area contributed by atoms with E-state index in [0.29, 0.717) is 5.11 Å². The zero-order chi connectivity index (χ0) is 21.5. The molecule has 8 heteroatoms. The van der Waals surface area contributed by atoms with Crippen molar-refractivity contribution in [2.45, 2.75) is 32.9 Å². The molecule has 31 heavy (non-hydrogen) atoms. The molecule has 1 saturated heterocycles. The Morgan fingerprint density at radius 1 is 0.968 bits per heavy atom. The van der Waals surface area contributed by atoms with Crippen LogP contribution in [0.15, 0.2) is 67.4 Å². The van der Waals surface area contributed by atoms with E-state index < -0.39 is 0 Å². The highest BCUT2D eigenvalue weighted by Crippen LogP contribution is 2.43. The van der Waals surface area contributed by atoms with E-state index in [-0.39, 0.29) is 12.1 Å². The third kappa shape index (κ3) is 3.29. The molecule has 3 aromatic heterocycles. The number of hydrogen-bond donors (Lipinski definition) is 1. The molecule has 1 aliphatic rings. The van der Waals surface area contributed by atoms with Crippen LogP contribution in [-0.2, 0) is 0 Å². The first-order chi connectivity index (χ1) is 15.0. The third-order valence-corrected chi connectivity index (χ3v) is 6.08. The molecule has 0 aliphatic carbocycles. The van der Waals surface area contributed by atoms with E-state index in [2.05, 4.69) is 81.2 Å². The van der Waals surface area contributed by atoms with Gasteiger partial charge in [-0.05, 0) is 68.9 Å². The maximum absolute atomic E-state index is 5.84. The van der Waals surface area contributed by atoms with Crippen LogP contribution in [-0.4, -0.2) is 29.6 Å². The normalized spacial score (nSPS) is 18.4. The van der Waals surface area contributed by atoms with E-state index in [4.69, 9.17) is 12.2 Å². The monoisotopic (exact) mass is 429 g/mol. The molecule has 1 fully saturated rings. The Hall–Kier alpha value is -3.52. The molecule has 1 N–H and O–H groups in total. The molecule has 7 nitrogen and oxygen atoms in total. The number of rotatable bonds is 4. The molecule has 4 heterocycles. The predicted molar refractivity (Wildman–Crippen MR) is 124 cm³/mol. The summed E-state index contributed by atoms with van der Waals surface area (Å²) in [5.74, 6) is 0. The van der Waals surface area contributed by atoms with Crippen molar-refractivity contribution in [3.8, 4) is 0 Å². The number of hydrogen-bond acceptors (Lipinski definition) is 4. The number of thiocarbonyl (C=S) groups is 1. The number of nitrogens with zero attached hydrogens (tertiary/aromatic N) is 6. The van der Waals surface area contributed by atoms with Crippen LogP contribution in [0.25, 0.3) is 0 Å². The number of aryl methyl sites for hydroxylation is 2. The number of aromatic nitrogens is 5. The Morgan fingerprint density at radius 3 is 2.48 bits per heavy atom. The fourth-order valence-electron chi connectivity index (χ4n) is 4.46. The predicted octanol–water partition coefficient (Wildman–Crippen LogP) is 3.89. The van der Waals surface area contributed by atoms with Gasteiger partial charge in [-0.15, -0.1) is 10.2 Å². The lowest BCUT2D eigenvalue weighted by molar-refractivity contribution is 0.557. The summed E-state index contributed by atoms with van der Waals surface area (Å²) >= 11 is 5.84. The van der Waals surface area contributed by atoms with Crippen LogP contribution >= 0.6 is 12.2 Å². The van der Waals surface area contributed by atoms with Gasteiger partial charge in [0.2, 0.25) is 0 Å². The summed E-state index contributed by atoms with van der Waals surface area (Å²) in [5, 5.41) is 12.2. The van der Waals surface area contributed by atoms with Crippen LogP contribution in [0.3, 0.4) is 0 Å². The quantitative estimate of drug-likeness (QED) is 0.497. The average molecular weight is 430 g/mol. The standard InChI is InChI=1S/C23H23N7S/c1-15-7-6-8-18(11-15)29-22(21(27-23(29)31)20-9-4-5-10-24-20)19-12-16(2)30(17(19)3)28-13-25-26-14-28/h4-14,21-22H,1-3H3,(H,27,31)/t21-,22+/m1/s1. The van der Waals surface area contributed by atoms with Crippen molar-refractivity contribution in [3.63, 3.8) is 0 Å². The van der Waals surface area contributed by atoms with Crippen LogP contribution in [0.4, 0.5) is 5.69 Å². The summed E-state index contributed by atoms with van der Waals surface area (Å²) in [5.41, 5.74) is 6.58. The van der Waals surface area contributed by atoms with E-state index in [1.165, 1.54) is 11.1 Å². The van der Waals surface area contributed by atoms with Crippen molar-refractivity contribution < 1.29 is 0 Å². The average Bonchev–Trinajstić information content (AvgIpc) is 3.46. The van der Waals surface area contributed by atoms with Crippen molar-refractivity contribution in [2.24, 2.45) is 0 Å². The van der Waals surface area contributed by atoms with E-state index >= 15 is 0 Å². The van der Waals surface area contributed by atoms with Crippen LogP contribution in [0.2, 0.25) is 0 Å². The molecule has 4 aromatic rings. The summed E-state index contributed by atoms with van der Waals surface area (Å²) in [6, 6.07) is 16.5. The molecule has 0 saturated carbocycles. The second kappa shape index (κ2) is 7.63. The largest absolute Gasteiger partial charge is 0.351 e. The highest BCUT2D eigenvalue weighted by molar-refractivity contribution is 7.80. The first-order valence-corrected chi connectivity index (χ1v) is 10.6. The Morgan fingerprint density at radius 2 is 1.77 bits per heavy atom. The highest BCUT2D eigenvalue weighted by Gasteiger charge is 2.42. The zero-order valence-corrected chi connectivity index (χ0v) is 18.4. The van der Waals surface area contributed by atoms with Crippen LogP contribution < -0.4 is 10.2 Å². The van der Waals surface area contributed by atoms with Gasteiger partial charge in [-0.2, -0.15) is 0 Å². The van der Waals surface area contributed by atoms with Gasteiger partial charge in [-0.1, -0.05) is 18.2 Å². The van der Waals surface area contributed by atoms with Crippen molar-refractivity contribution in [2.75, 3.05) is 4.90 Å². The van der Waals surface area contributed by atoms with E-state index in [1.54, 1.807) is 12.7 Å². The van der Waals surface area contributed by atoms with Crippen LogP contribution in [0.5, 0.6) is 0 Å². The van der Waals surface area contributed by atoms with E-state index in [1.807, 2.05) is 29.1 Å². The Labute approximate surface area is 186 Å². The smallest absolute Gasteiger partial charge is 0.174 e. The minimum absolute atomic E-state index is 0.0550. The fourth-order valence-corrected chi connectivity index (χ4v) is 4.80. The number of benzene rings is 1. The Kier molecular flexibility index (Phi) is 4.78. The molecule has 0 spiro atoms. The molecular formula is C23H23N7S. The topological polar surface area (TPSA) is 63.8 Å². The lowest BCUT2D eigenvalue weighted by Gasteiger charge is -2.28. The van der Waals surface area contributed by atoms with Gasteiger partial charge in [0.05, 0.1) is 17.8 Å². The van der Waals surface area contributed by atoms with E-state index in [0.717, 1.165) is 22.8 Å². The highest BCUT2D eigenvalue weighted by atomic mass is 32.1. The summed E-state index contributed by atoms with van der Waals surface area (Å²) in [4.78, 5) is 6.85. The molecule has 0 amide bonds. The minimum atomic E-state index is -0.0796. The van der Waals surface area contributed by atoms with Gasteiger partial charge in [0.25, 0.3) is 0 Å². The molecule has 0 bridgehead atoms. The molecule has 1 aromatic carbocycles. The van der Waals surface area contributed by atoms with Crippen molar-refractivity contribution in [1.82, 2.24) is 29.9 Å². The minimum Gasteiger partial charge on any atom is -0.351 e. The number of nitrogens with one attached hydrogen (secondary N) is 1. The van der Waals surface area contributed by atoms with Gasteiger partial charge >= 0.3 is 0 Å². The van der Waals surface area contributed by atoms with Gasteiger partial charge in [-0.25, -0.2) is 4.68 Å². The maximum atomic E-state index is 5.84. The Balaban J connectivity index is 1.69. The summed E-state index contributed by atoms with van der Waals surface area (Å²) in [6.07, 6.45) is 5.23. The Bertz CT molecular complexity index is 1230. The SMILES string of the molecule is Cc1cccc(N2C(=S)N[C@H](c3ccccn3)[C@@H]2c2cc(C)n(-n3cnnc3)c2C)c1. The van der Waals surface area contributed by atoms with E-state index in [9.17, 15) is 0 Å². The van der Waals surface area contributed by atoms with Gasteiger partial charge in [0.1, 0.15) is 12.7 Å². The summed E-state index contributed by atoms with van der Waals surface area (Å²) in [6.45, 7) is 6.30. The second-order valence-electron chi connectivity index (χ2n) is 7.82. The van der Waals surface area contributed by atoms with Crippen molar-refractivity contribution >= 4 is 23.0 Å². The first kappa shape index (κ1) is 19.4. The molecule has 2 atom stereocenters. The molecular weight excluding hydrogens is 406 g/mol. The molecule has 0 radical (unpaired) electrons. The van der Waals surface area contributed by atoms with Crippen molar-refractivity contribution in [3.05, 3.63) is 95.6 Å². The van der Waals surface area contributed by atoms with Crippen molar-refractivity contribution in [1.29, 1.82) is 0 Å². The summed E-state index contributed by atoms with van der Waals surface area (Å²) < 4.78 is 4.00. The maximum Gasteiger partial charge on any atom is 0.174 e.